The van der Waals surface area contributed by atoms with E-state index in [1.54, 1.807) is 7.11 Å². The monoisotopic (exact) mass is 409 g/mol. The Morgan fingerprint density at radius 2 is 1.74 bits per heavy atom. The smallest absolute Gasteiger partial charge is 0.136 e. The second-order valence-corrected chi connectivity index (χ2v) is 8.91. The number of hydrogen-bond donors (Lipinski definition) is 1. The molecule has 0 spiro atoms. The van der Waals surface area contributed by atoms with Crippen LogP contribution in [-0.2, 0) is 0 Å². The molecule has 2 aliphatic heterocycles. The van der Waals surface area contributed by atoms with E-state index < -0.39 is 0 Å². The molecule has 156 valence electrons. The summed E-state index contributed by atoms with van der Waals surface area (Å²) in [5.41, 5.74) is 9.20. The fourth-order valence-corrected chi connectivity index (χ4v) is 4.69. The topological polar surface area (TPSA) is 30.5 Å². The number of nitrogens with one attached hydrogen (secondary N) is 1. The Morgan fingerprint density at radius 1 is 0.935 bits per heavy atom. The molecule has 0 aliphatic carbocycles. The van der Waals surface area contributed by atoms with E-state index >= 15 is 0 Å². The van der Waals surface area contributed by atoms with Crippen molar-refractivity contribution in [1.82, 2.24) is 0 Å². The number of rotatable bonds is 2. The Labute approximate surface area is 184 Å². The summed E-state index contributed by atoms with van der Waals surface area (Å²) >= 11 is 0. The molecular weight excluding hydrogens is 382 g/mol. The van der Waals surface area contributed by atoms with Crippen molar-refractivity contribution in [2.24, 2.45) is 0 Å². The average molecular weight is 410 g/mol. The lowest BCUT2D eigenvalue weighted by Gasteiger charge is -2.35. The van der Waals surface area contributed by atoms with Crippen LogP contribution in [0.2, 0.25) is 0 Å². The molecule has 31 heavy (non-hydrogen) atoms. The van der Waals surface area contributed by atoms with Crippen LogP contribution >= 0.6 is 0 Å². The minimum Gasteiger partial charge on any atom is -0.497 e. The maximum Gasteiger partial charge on any atom is 0.136 e. The van der Waals surface area contributed by atoms with Gasteiger partial charge in [-0.1, -0.05) is 36.4 Å². The fraction of sp³-hybridized carbons (Fsp3) is 0.214. The van der Waals surface area contributed by atoms with Gasteiger partial charge in [0.25, 0.3) is 0 Å². The van der Waals surface area contributed by atoms with Crippen molar-refractivity contribution in [3.63, 3.8) is 0 Å². The minimum atomic E-state index is -0.0954. The number of methoxy groups -OCH3 is 1. The van der Waals surface area contributed by atoms with E-state index in [9.17, 15) is 0 Å². The first-order valence-corrected chi connectivity index (χ1v) is 10.7. The first kappa shape index (κ1) is 19.5. The zero-order valence-electron chi connectivity index (χ0n) is 18.7. The van der Waals surface area contributed by atoms with Gasteiger partial charge in [-0.05, 0) is 80.3 Å². The molecule has 0 unspecified atom stereocenters. The van der Waals surface area contributed by atoms with Gasteiger partial charge in [-0.15, -0.1) is 0 Å². The number of fused-ring (bicyclic) bond motifs is 5. The number of aryl methyl sites for hydroxylation is 1. The minimum absolute atomic E-state index is 0.0954. The largest absolute Gasteiger partial charge is 0.497 e. The Bertz CT molecular complexity index is 1260. The lowest BCUT2D eigenvalue weighted by Crippen LogP contribution is -2.32. The molecule has 0 fully saturated rings. The molecule has 2 aliphatic rings. The highest BCUT2D eigenvalue weighted by atomic mass is 16.5. The number of benzene rings is 3. The lowest BCUT2D eigenvalue weighted by molar-refractivity contribution is 0.413. The zero-order chi connectivity index (χ0) is 21.8. The van der Waals surface area contributed by atoms with Crippen LogP contribution < -0.4 is 14.8 Å². The molecule has 0 saturated heterocycles. The molecule has 3 aromatic rings. The molecule has 3 aromatic carbocycles. The third-order valence-corrected chi connectivity index (χ3v) is 6.05. The molecule has 2 heterocycles. The van der Waals surface area contributed by atoms with Crippen LogP contribution in [0, 0.1) is 6.92 Å². The Morgan fingerprint density at radius 3 is 2.52 bits per heavy atom. The van der Waals surface area contributed by atoms with Gasteiger partial charge in [0.1, 0.15) is 17.3 Å². The van der Waals surface area contributed by atoms with Gasteiger partial charge in [0.2, 0.25) is 0 Å². The summed E-state index contributed by atoms with van der Waals surface area (Å²) in [6, 6.07) is 18.8. The van der Waals surface area contributed by atoms with Crippen molar-refractivity contribution in [3.8, 4) is 22.6 Å². The summed E-state index contributed by atoms with van der Waals surface area (Å²) < 4.78 is 12.0. The molecule has 5 rings (SSSR count). The van der Waals surface area contributed by atoms with Gasteiger partial charge >= 0.3 is 0 Å². The van der Waals surface area contributed by atoms with Crippen LogP contribution in [0.4, 0.5) is 5.69 Å². The molecule has 0 amide bonds. The van der Waals surface area contributed by atoms with Crippen LogP contribution in [0.25, 0.3) is 28.5 Å². The summed E-state index contributed by atoms with van der Waals surface area (Å²) in [4.78, 5) is 0. The summed E-state index contributed by atoms with van der Waals surface area (Å²) in [6.45, 7) is 8.71. The van der Waals surface area contributed by atoms with Crippen molar-refractivity contribution in [2.75, 3.05) is 12.4 Å². The maximum absolute atomic E-state index is 6.53. The van der Waals surface area contributed by atoms with Crippen molar-refractivity contribution >= 4 is 23.1 Å². The highest BCUT2D eigenvalue weighted by Gasteiger charge is 2.31. The standard InChI is InChI=1S/C28H27NO2/c1-17-8-6-7-9-19(17)14-25-27-21(22-15-20(30-5)10-13-24(22)31-25)11-12-23-26(27)18(2)16-28(3,4)29-23/h6-16,29H,1-5H3/b25-14-. The van der Waals surface area contributed by atoms with E-state index in [1.807, 2.05) is 12.1 Å². The predicted octanol–water partition coefficient (Wildman–Crippen LogP) is 7.17. The third-order valence-electron chi connectivity index (χ3n) is 6.05. The van der Waals surface area contributed by atoms with Crippen molar-refractivity contribution < 1.29 is 9.47 Å². The van der Waals surface area contributed by atoms with Gasteiger partial charge in [0, 0.05) is 22.4 Å². The summed E-state index contributed by atoms with van der Waals surface area (Å²) in [5, 5.41) is 3.68. The average Bonchev–Trinajstić information content (AvgIpc) is 2.73. The van der Waals surface area contributed by atoms with Gasteiger partial charge in [-0.3, -0.25) is 0 Å². The lowest BCUT2D eigenvalue weighted by atomic mass is 9.83. The van der Waals surface area contributed by atoms with Crippen LogP contribution in [-0.4, -0.2) is 12.6 Å². The molecule has 0 bridgehead atoms. The second kappa shape index (κ2) is 7.05. The fourth-order valence-electron chi connectivity index (χ4n) is 4.69. The number of allylic oxidation sites excluding steroid dienone is 1. The molecule has 0 radical (unpaired) electrons. The number of ether oxygens (including phenoxy) is 2. The first-order chi connectivity index (χ1) is 14.9. The van der Waals surface area contributed by atoms with E-state index in [4.69, 9.17) is 9.47 Å². The highest BCUT2D eigenvalue weighted by molar-refractivity contribution is 6.00. The Balaban J connectivity index is 1.81. The SMILES string of the molecule is COc1ccc2c(c1)-c1ccc3c(c1/C(=C/c1ccccc1C)O2)C(C)=CC(C)(C)N3. The first-order valence-electron chi connectivity index (χ1n) is 10.7. The van der Waals surface area contributed by atoms with Gasteiger partial charge in [-0.25, -0.2) is 0 Å². The van der Waals surface area contributed by atoms with Crippen LogP contribution in [0.1, 0.15) is 43.0 Å². The Kier molecular flexibility index (Phi) is 4.44. The van der Waals surface area contributed by atoms with Crippen molar-refractivity contribution in [3.05, 3.63) is 82.9 Å². The van der Waals surface area contributed by atoms with Crippen LogP contribution in [0.15, 0.2) is 60.7 Å². The third kappa shape index (κ3) is 3.31. The molecule has 0 atom stereocenters. The molecule has 3 nitrogen and oxygen atoms in total. The molecule has 0 saturated carbocycles. The quantitative estimate of drug-likeness (QED) is 0.487. The summed E-state index contributed by atoms with van der Waals surface area (Å²) in [5.74, 6) is 2.54. The van der Waals surface area contributed by atoms with Crippen LogP contribution in [0.3, 0.4) is 0 Å². The zero-order valence-corrected chi connectivity index (χ0v) is 18.7. The van der Waals surface area contributed by atoms with Crippen molar-refractivity contribution in [1.29, 1.82) is 0 Å². The van der Waals surface area contributed by atoms with Crippen molar-refractivity contribution in [2.45, 2.75) is 33.2 Å². The van der Waals surface area contributed by atoms with Gasteiger partial charge in [0.05, 0.1) is 12.6 Å². The normalized spacial score (nSPS) is 16.9. The summed E-state index contributed by atoms with van der Waals surface area (Å²) in [7, 11) is 1.70. The number of anilines is 1. The van der Waals surface area contributed by atoms with E-state index in [1.165, 1.54) is 16.7 Å². The second-order valence-electron chi connectivity index (χ2n) is 8.91. The predicted molar refractivity (Wildman–Crippen MR) is 129 cm³/mol. The molecular formula is C28H27NO2. The molecule has 3 heteroatoms. The highest BCUT2D eigenvalue weighted by Crippen LogP contribution is 2.50. The van der Waals surface area contributed by atoms with E-state index in [0.717, 1.165) is 45.2 Å². The van der Waals surface area contributed by atoms with E-state index in [0.29, 0.717) is 0 Å². The van der Waals surface area contributed by atoms with Crippen LogP contribution in [0.5, 0.6) is 11.5 Å². The molecule has 0 aromatic heterocycles. The van der Waals surface area contributed by atoms with Gasteiger partial charge < -0.3 is 14.8 Å². The Hall–Kier alpha value is -3.46. The van der Waals surface area contributed by atoms with Gasteiger partial charge in [-0.2, -0.15) is 0 Å². The van der Waals surface area contributed by atoms with E-state index in [2.05, 4.69) is 87.6 Å². The maximum atomic E-state index is 6.53. The van der Waals surface area contributed by atoms with Gasteiger partial charge in [0.15, 0.2) is 0 Å². The molecule has 1 N–H and O–H groups in total. The summed E-state index contributed by atoms with van der Waals surface area (Å²) in [6.07, 6.45) is 4.46. The van der Waals surface area contributed by atoms with E-state index in [-0.39, 0.29) is 5.54 Å². The number of hydrogen-bond acceptors (Lipinski definition) is 3.